The molecule has 3 nitrogen and oxygen atoms in total. The molecule has 0 fully saturated rings. The van der Waals surface area contributed by atoms with Gasteiger partial charge >= 0.3 is 0 Å². The molecule has 0 heterocycles. The number of aliphatic hydroxyl groups is 1. The number of rotatable bonds is 1. The lowest BCUT2D eigenvalue weighted by atomic mass is 9.93. The lowest BCUT2D eigenvalue weighted by Gasteiger charge is -2.26. The number of alkyl halides is 3. The van der Waals surface area contributed by atoms with Crippen molar-refractivity contribution >= 4 is 0 Å². The molecule has 2 aromatic rings. The van der Waals surface area contributed by atoms with Gasteiger partial charge in [-0.3, -0.25) is 0 Å². The Morgan fingerprint density at radius 1 is 1.00 bits per heavy atom. The molecule has 0 bridgehead atoms. The molecule has 0 amide bonds. The summed E-state index contributed by atoms with van der Waals surface area (Å²) in [5.74, 6) is -3.42. The van der Waals surface area contributed by atoms with Gasteiger partial charge in [-0.2, -0.15) is 10.5 Å². The Bertz CT molecular complexity index is 971. The Labute approximate surface area is 141 Å². The number of nitriles is 2. The van der Waals surface area contributed by atoms with Crippen molar-refractivity contribution < 1.29 is 18.3 Å². The highest BCUT2D eigenvalue weighted by atomic mass is 19.3. The molecule has 2 aromatic carbocycles. The number of hydrogen-bond acceptors (Lipinski definition) is 3. The van der Waals surface area contributed by atoms with Crippen LogP contribution in [-0.4, -0.2) is 11.0 Å². The Morgan fingerprint density at radius 2 is 1.60 bits per heavy atom. The van der Waals surface area contributed by atoms with Gasteiger partial charge in [0.25, 0.3) is 5.92 Å². The first-order valence-corrected chi connectivity index (χ1v) is 7.66. The molecule has 1 N–H and O–H groups in total. The van der Waals surface area contributed by atoms with Crippen LogP contribution in [0.25, 0.3) is 11.1 Å². The number of nitrogens with zero attached hydrogens (tertiary/aromatic N) is 2. The molecule has 2 aliphatic carbocycles. The molecule has 0 unspecified atom stereocenters. The van der Waals surface area contributed by atoms with Crippen LogP contribution < -0.4 is 0 Å². The van der Waals surface area contributed by atoms with E-state index in [1.807, 2.05) is 12.1 Å². The van der Waals surface area contributed by atoms with E-state index in [4.69, 9.17) is 10.5 Å². The van der Waals surface area contributed by atoms with Crippen molar-refractivity contribution in [1.29, 1.82) is 10.5 Å². The molecule has 0 aromatic heterocycles. The molecular weight excluding hydrogens is 329 g/mol. The number of halogens is 3. The van der Waals surface area contributed by atoms with Crippen molar-refractivity contribution in [2.45, 2.75) is 30.5 Å². The third-order valence-corrected chi connectivity index (χ3v) is 5.02. The van der Waals surface area contributed by atoms with E-state index in [0.717, 1.165) is 0 Å². The first kappa shape index (κ1) is 15.7. The van der Waals surface area contributed by atoms with Gasteiger partial charge in [0.05, 0.1) is 23.3 Å². The largest absolute Gasteiger partial charge is 0.379 e. The van der Waals surface area contributed by atoms with Gasteiger partial charge in [-0.25, -0.2) is 13.2 Å². The first-order chi connectivity index (χ1) is 11.8. The quantitative estimate of drug-likeness (QED) is 0.856. The summed E-state index contributed by atoms with van der Waals surface area (Å²) < 4.78 is 42.9. The van der Waals surface area contributed by atoms with Gasteiger partial charge in [0, 0.05) is 12.8 Å². The van der Waals surface area contributed by atoms with E-state index in [9.17, 15) is 18.3 Å². The molecule has 4 rings (SSSR count). The van der Waals surface area contributed by atoms with Crippen molar-refractivity contribution in [2.24, 2.45) is 0 Å². The summed E-state index contributed by atoms with van der Waals surface area (Å²) in [5, 5.41) is 28.5. The van der Waals surface area contributed by atoms with Gasteiger partial charge in [0.2, 0.25) is 0 Å². The average Bonchev–Trinajstić information content (AvgIpc) is 2.97. The highest BCUT2D eigenvalue weighted by Crippen LogP contribution is 2.60. The van der Waals surface area contributed by atoms with E-state index in [0.29, 0.717) is 11.1 Å². The fourth-order valence-corrected chi connectivity index (χ4v) is 3.90. The molecule has 0 spiro atoms. The summed E-state index contributed by atoms with van der Waals surface area (Å²) in [6, 6.07) is 11.3. The van der Waals surface area contributed by atoms with Crippen LogP contribution in [0.2, 0.25) is 0 Å². The van der Waals surface area contributed by atoms with E-state index in [-0.39, 0.29) is 27.8 Å². The second-order valence-corrected chi connectivity index (χ2v) is 6.54. The number of benzene rings is 2. The minimum absolute atomic E-state index is 0.00862. The summed E-state index contributed by atoms with van der Waals surface area (Å²) in [4.78, 5) is 0. The molecule has 0 saturated heterocycles. The van der Waals surface area contributed by atoms with Crippen LogP contribution >= 0.6 is 0 Å². The zero-order valence-corrected chi connectivity index (χ0v) is 12.9. The zero-order valence-electron chi connectivity index (χ0n) is 12.9. The topological polar surface area (TPSA) is 67.8 Å². The van der Waals surface area contributed by atoms with E-state index >= 15 is 0 Å². The molecule has 124 valence electrons. The van der Waals surface area contributed by atoms with Crippen molar-refractivity contribution in [3.63, 3.8) is 0 Å². The third kappa shape index (κ3) is 2.01. The lowest BCUT2D eigenvalue weighted by Crippen LogP contribution is -2.40. The molecule has 2 aliphatic rings. The van der Waals surface area contributed by atoms with Crippen LogP contribution in [0.4, 0.5) is 13.2 Å². The highest BCUT2D eigenvalue weighted by molar-refractivity contribution is 5.71. The SMILES string of the molecule is N#Cc1cc(C#N)cc(-c2cc3c4c(c2)[C@H](F)C[C@@]4(O)C(F)(F)C3)c1. The molecule has 6 heteroatoms. The second kappa shape index (κ2) is 4.84. The fraction of sp³-hybridized carbons (Fsp3) is 0.263. The second-order valence-electron chi connectivity index (χ2n) is 6.54. The normalized spacial score (nSPS) is 25.3. The van der Waals surface area contributed by atoms with Crippen molar-refractivity contribution in [3.8, 4) is 23.3 Å². The Morgan fingerprint density at radius 3 is 2.20 bits per heavy atom. The standard InChI is InChI=1S/C19H11F3N2O/c20-16-7-18(25)17-14(6-19(18,21)22)4-13(5-15(16)17)12-2-10(8-23)1-11(3-12)9-24/h1-5,16,25H,6-7H2/t16-,18+/m1/s1. The Balaban J connectivity index is 1.94. The van der Waals surface area contributed by atoms with Crippen LogP contribution in [0.3, 0.4) is 0 Å². The molecular formula is C19H11F3N2O. The number of hydrogen-bond donors (Lipinski definition) is 1. The summed E-state index contributed by atoms with van der Waals surface area (Å²) in [6.07, 6.45) is -3.00. The monoisotopic (exact) mass is 340 g/mol. The molecule has 0 saturated carbocycles. The van der Waals surface area contributed by atoms with Gasteiger partial charge in [-0.15, -0.1) is 0 Å². The van der Waals surface area contributed by atoms with Crippen LogP contribution in [0.15, 0.2) is 30.3 Å². The van der Waals surface area contributed by atoms with E-state index in [1.54, 1.807) is 0 Å². The van der Waals surface area contributed by atoms with E-state index in [1.165, 1.54) is 30.3 Å². The predicted octanol–water partition coefficient (Wildman–Crippen LogP) is 3.89. The first-order valence-electron chi connectivity index (χ1n) is 7.66. The summed E-state index contributed by atoms with van der Waals surface area (Å²) >= 11 is 0. The maximum Gasteiger partial charge on any atom is 0.284 e. The van der Waals surface area contributed by atoms with Crippen LogP contribution in [0, 0.1) is 22.7 Å². The predicted molar refractivity (Wildman–Crippen MR) is 82.3 cm³/mol. The van der Waals surface area contributed by atoms with E-state index < -0.39 is 30.5 Å². The van der Waals surface area contributed by atoms with E-state index in [2.05, 4.69) is 0 Å². The van der Waals surface area contributed by atoms with Gasteiger partial charge in [-0.1, -0.05) is 6.07 Å². The fourth-order valence-electron chi connectivity index (χ4n) is 3.90. The van der Waals surface area contributed by atoms with Gasteiger partial charge < -0.3 is 5.11 Å². The zero-order chi connectivity index (χ0) is 18.0. The summed E-state index contributed by atoms with van der Waals surface area (Å²) in [5.41, 5.74) is -0.754. The summed E-state index contributed by atoms with van der Waals surface area (Å²) in [6.45, 7) is 0. The van der Waals surface area contributed by atoms with Crippen LogP contribution in [0.5, 0.6) is 0 Å². The lowest BCUT2D eigenvalue weighted by molar-refractivity contribution is -0.178. The average molecular weight is 340 g/mol. The third-order valence-electron chi connectivity index (χ3n) is 5.02. The van der Waals surface area contributed by atoms with Crippen molar-refractivity contribution in [2.75, 3.05) is 0 Å². The Kier molecular flexibility index (Phi) is 3.04. The maximum absolute atomic E-state index is 14.4. The van der Waals surface area contributed by atoms with Gasteiger partial charge in [0.1, 0.15) is 6.17 Å². The molecule has 0 aliphatic heterocycles. The maximum atomic E-state index is 14.4. The van der Waals surface area contributed by atoms with Crippen molar-refractivity contribution in [1.82, 2.24) is 0 Å². The highest BCUT2D eigenvalue weighted by Gasteiger charge is 2.64. The minimum atomic E-state index is -3.42. The molecule has 0 radical (unpaired) electrons. The van der Waals surface area contributed by atoms with Crippen LogP contribution in [0.1, 0.15) is 40.4 Å². The van der Waals surface area contributed by atoms with Gasteiger partial charge in [0.15, 0.2) is 5.60 Å². The van der Waals surface area contributed by atoms with Crippen molar-refractivity contribution in [3.05, 3.63) is 58.1 Å². The molecule has 25 heavy (non-hydrogen) atoms. The minimum Gasteiger partial charge on any atom is -0.379 e. The summed E-state index contributed by atoms with van der Waals surface area (Å²) in [7, 11) is 0. The van der Waals surface area contributed by atoms with Gasteiger partial charge in [-0.05, 0) is 52.1 Å². The Hall–Kier alpha value is -2.83. The molecule has 2 atom stereocenters. The van der Waals surface area contributed by atoms with Crippen LogP contribution in [-0.2, 0) is 12.0 Å². The smallest absolute Gasteiger partial charge is 0.284 e.